The van der Waals surface area contributed by atoms with Crippen molar-refractivity contribution in [1.29, 1.82) is 0 Å². The van der Waals surface area contributed by atoms with Gasteiger partial charge in [-0.15, -0.1) is 0 Å². The van der Waals surface area contributed by atoms with Gasteiger partial charge in [0.05, 0.1) is 17.3 Å². The predicted octanol–water partition coefficient (Wildman–Crippen LogP) is 2.14. The van der Waals surface area contributed by atoms with Crippen LogP contribution in [0, 0.1) is 5.92 Å². The highest BCUT2D eigenvalue weighted by Crippen LogP contribution is 2.33. The molecule has 3 aromatic heterocycles. The summed E-state index contributed by atoms with van der Waals surface area (Å²) >= 11 is 0. The van der Waals surface area contributed by atoms with Crippen LogP contribution in [0.1, 0.15) is 12.8 Å². The summed E-state index contributed by atoms with van der Waals surface area (Å²) in [6, 6.07) is 2.42. The third-order valence-corrected chi connectivity index (χ3v) is 4.44. The largest absolute Gasteiger partial charge is 0.367 e. The minimum absolute atomic E-state index is 0.423. The molecule has 3 aromatic rings. The van der Waals surface area contributed by atoms with Gasteiger partial charge in [-0.3, -0.25) is 4.68 Å². The number of aryl methyl sites for hydroxylation is 1. The van der Waals surface area contributed by atoms with Crippen LogP contribution in [0.25, 0.3) is 11.0 Å². The van der Waals surface area contributed by atoms with Gasteiger partial charge in [0, 0.05) is 32.0 Å². The molecule has 0 bridgehead atoms. The Kier molecular flexibility index (Phi) is 4.10. The minimum Gasteiger partial charge on any atom is -0.367 e. The molecule has 0 saturated heterocycles. The molecule has 25 heavy (non-hydrogen) atoms. The fourth-order valence-electron chi connectivity index (χ4n) is 3.12. The zero-order valence-corrected chi connectivity index (χ0v) is 14.1. The van der Waals surface area contributed by atoms with Crippen LogP contribution in [-0.2, 0) is 7.05 Å². The SMILES string of the molecule is Cn1cc(Nc2nc(NC3CC(C=CCN)C3)c3cc[nH]c3n2)cn1. The number of nitrogens with one attached hydrogen (secondary N) is 3. The summed E-state index contributed by atoms with van der Waals surface area (Å²) in [5.74, 6) is 2.01. The van der Waals surface area contributed by atoms with Gasteiger partial charge in [-0.05, 0) is 24.8 Å². The zero-order chi connectivity index (χ0) is 17.2. The molecule has 1 aliphatic carbocycles. The molecule has 8 heteroatoms. The van der Waals surface area contributed by atoms with Crippen LogP contribution in [-0.4, -0.2) is 37.3 Å². The molecule has 8 nitrogen and oxygen atoms in total. The number of nitrogens with two attached hydrogens (primary N) is 1. The molecule has 5 N–H and O–H groups in total. The minimum atomic E-state index is 0.423. The van der Waals surface area contributed by atoms with Gasteiger partial charge >= 0.3 is 0 Å². The number of hydrogen-bond acceptors (Lipinski definition) is 6. The normalized spacial score (nSPS) is 20.1. The maximum atomic E-state index is 5.51. The van der Waals surface area contributed by atoms with Crippen molar-refractivity contribution in [3.8, 4) is 0 Å². The molecular weight excluding hydrogens is 316 g/mol. The van der Waals surface area contributed by atoms with Crippen molar-refractivity contribution < 1.29 is 0 Å². The molecule has 0 radical (unpaired) electrons. The Hall–Kier alpha value is -2.87. The standard InChI is InChI=1S/C17H22N8/c1-25-10-13(9-20-25)22-17-23-15-14(4-6-19-15)16(24-17)21-12-7-11(8-12)3-2-5-18/h2-4,6,9-12H,5,7-8,18H2,1H3,(H3,19,21,22,23,24). The van der Waals surface area contributed by atoms with Gasteiger partial charge < -0.3 is 21.4 Å². The van der Waals surface area contributed by atoms with Crippen LogP contribution < -0.4 is 16.4 Å². The number of aromatic nitrogens is 5. The zero-order valence-electron chi connectivity index (χ0n) is 14.1. The molecule has 0 aromatic carbocycles. The first-order chi connectivity index (χ1) is 12.2. The number of rotatable bonds is 6. The highest BCUT2D eigenvalue weighted by atomic mass is 15.3. The Morgan fingerprint density at radius 2 is 2.28 bits per heavy atom. The van der Waals surface area contributed by atoms with E-state index in [1.165, 1.54) is 0 Å². The Balaban J connectivity index is 1.52. The molecule has 0 unspecified atom stereocenters. The lowest BCUT2D eigenvalue weighted by atomic mass is 9.80. The number of hydrogen-bond donors (Lipinski definition) is 4. The summed E-state index contributed by atoms with van der Waals surface area (Å²) in [6.07, 6.45) is 11.9. The lowest BCUT2D eigenvalue weighted by Crippen LogP contribution is -2.34. The van der Waals surface area contributed by atoms with Gasteiger partial charge in [0.2, 0.25) is 5.95 Å². The first kappa shape index (κ1) is 15.6. The molecule has 0 spiro atoms. The fourth-order valence-corrected chi connectivity index (χ4v) is 3.12. The van der Waals surface area contributed by atoms with E-state index in [4.69, 9.17) is 5.73 Å². The van der Waals surface area contributed by atoms with Crippen LogP contribution in [0.15, 0.2) is 36.8 Å². The first-order valence-electron chi connectivity index (χ1n) is 8.45. The van der Waals surface area contributed by atoms with Gasteiger partial charge in [-0.1, -0.05) is 12.2 Å². The smallest absolute Gasteiger partial charge is 0.231 e. The van der Waals surface area contributed by atoms with Crippen molar-refractivity contribution in [3.63, 3.8) is 0 Å². The maximum absolute atomic E-state index is 5.51. The van der Waals surface area contributed by atoms with Crippen molar-refractivity contribution in [1.82, 2.24) is 24.7 Å². The van der Waals surface area contributed by atoms with E-state index in [2.05, 4.69) is 36.8 Å². The van der Waals surface area contributed by atoms with Crippen LogP contribution >= 0.6 is 0 Å². The average Bonchev–Trinajstić information content (AvgIpc) is 3.18. The van der Waals surface area contributed by atoms with Crippen molar-refractivity contribution in [2.75, 3.05) is 17.2 Å². The summed E-state index contributed by atoms with van der Waals surface area (Å²) in [4.78, 5) is 12.3. The topological polar surface area (TPSA) is 109 Å². The van der Waals surface area contributed by atoms with Crippen LogP contribution in [0.3, 0.4) is 0 Å². The second-order valence-electron chi connectivity index (χ2n) is 6.40. The van der Waals surface area contributed by atoms with E-state index in [0.29, 0.717) is 24.5 Å². The number of nitrogens with zero attached hydrogens (tertiary/aromatic N) is 4. The van der Waals surface area contributed by atoms with Gasteiger partial charge in [-0.2, -0.15) is 15.1 Å². The van der Waals surface area contributed by atoms with Crippen molar-refractivity contribution in [2.45, 2.75) is 18.9 Å². The summed E-state index contributed by atoms with van der Waals surface area (Å²) < 4.78 is 1.73. The van der Waals surface area contributed by atoms with Crippen LogP contribution in [0.5, 0.6) is 0 Å². The van der Waals surface area contributed by atoms with E-state index in [1.54, 1.807) is 10.9 Å². The van der Waals surface area contributed by atoms with Crippen molar-refractivity contribution in [3.05, 3.63) is 36.8 Å². The summed E-state index contributed by atoms with van der Waals surface area (Å²) in [6.45, 7) is 0.605. The van der Waals surface area contributed by atoms with Gasteiger partial charge in [0.1, 0.15) is 11.5 Å². The van der Waals surface area contributed by atoms with Crippen molar-refractivity contribution in [2.24, 2.45) is 18.7 Å². The second-order valence-corrected chi connectivity index (χ2v) is 6.40. The molecule has 3 heterocycles. The molecule has 130 valence electrons. The third kappa shape index (κ3) is 3.34. The van der Waals surface area contributed by atoms with E-state index in [0.717, 1.165) is 35.4 Å². The van der Waals surface area contributed by atoms with E-state index in [-0.39, 0.29) is 0 Å². The quantitative estimate of drug-likeness (QED) is 0.513. The number of aromatic amines is 1. The first-order valence-corrected chi connectivity index (χ1v) is 8.45. The summed E-state index contributed by atoms with van der Waals surface area (Å²) in [5, 5.41) is 11.9. The molecule has 0 amide bonds. The molecular formula is C17H22N8. The van der Waals surface area contributed by atoms with Crippen LogP contribution in [0.4, 0.5) is 17.5 Å². The summed E-state index contributed by atoms with van der Waals surface area (Å²) in [5.41, 5.74) is 7.17. The Morgan fingerprint density at radius 3 is 3.04 bits per heavy atom. The molecule has 4 rings (SSSR count). The monoisotopic (exact) mass is 338 g/mol. The highest BCUT2D eigenvalue weighted by Gasteiger charge is 2.27. The highest BCUT2D eigenvalue weighted by molar-refractivity contribution is 5.88. The number of allylic oxidation sites excluding steroid dienone is 1. The second kappa shape index (κ2) is 6.56. The average molecular weight is 338 g/mol. The van der Waals surface area contributed by atoms with E-state index in [9.17, 15) is 0 Å². The third-order valence-electron chi connectivity index (χ3n) is 4.44. The molecule has 0 aliphatic heterocycles. The van der Waals surface area contributed by atoms with Gasteiger partial charge in [-0.25, -0.2) is 0 Å². The van der Waals surface area contributed by atoms with Crippen molar-refractivity contribution >= 4 is 28.5 Å². The van der Waals surface area contributed by atoms with Crippen LogP contribution in [0.2, 0.25) is 0 Å². The van der Waals surface area contributed by atoms with Gasteiger partial charge in [0.15, 0.2) is 0 Å². The predicted molar refractivity (Wildman–Crippen MR) is 98.7 cm³/mol. The Bertz CT molecular complexity index is 887. The van der Waals surface area contributed by atoms with E-state index < -0.39 is 0 Å². The van der Waals surface area contributed by atoms with E-state index in [1.807, 2.05) is 31.6 Å². The molecule has 0 atom stereocenters. The molecule has 1 saturated carbocycles. The number of H-pyrrole nitrogens is 1. The fraction of sp³-hybridized carbons (Fsp3) is 0.353. The summed E-state index contributed by atoms with van der Waals surface area (Å²) in [7, 11) is 1.87. The van der Waals surface area contributed by atoms with Gasteiger partial charge in [0.25, 0.3) is 0 Å². The Labute approximate surface area is 145 Å². The lowest BCUT2D eigenvalue weighted by molar-refractivity contribution is 0.344. The number of anilines is 3. The molecule has 1 aliphatic rings. The molecule has 1 fully saturated rings. The van der Waals surface area contributed by atoms with E-state index >= 15 is 0 Å². The lowest BCUT2D eigenvalue weighted by Gasteiger charge is -2.34. The Morgan fingerprint density at radius 1 is 1.40 bits per heavy atom. The maximum Gasteiger partial charge on any atom is 0.231 e. The number of fused-ring (bicyclic) bond motifs is 1.